The number of nitriles is 2. The van der Waals surface area contributed by atoms with Gasteiger partial charge in [0.05, 0.1) is 0 Å². The highest BCUT2D eigenvalue weighted by molar-refractivity contribution is 5.99. The number of nitrogens with two attached hydrogens (primary N) is 1. The molecule has 78 valence electrons. The maximum Gasteiger partial charge on any atom is 0.174 e. The Hall–Kier alpha value is -2.59. The highest BCUT2D eigenvalue weighted by atomic mass is 14.8. The molecule has 16 heavy (non-hydrogen) atoms. The van der Waals surface area contributed by atoms with Gasteiger partial charge >= 0.3 is 0 Å². The summed E-state index contributed by atoms with van der Waals surface area (Å²) in [7, 11) is 0. The fourth-order valence-corrected chi connectivity index (χ4v) is 1.11. The van der Waals surface area contributed by atoms with E-state index in [9.17, 15) is 0 Å². The van der Waals surface area contributed by atoms with Crippen LogP contribution in [-0.2, 0) is 0 Å². The first-order valence-electron chi connectivity index (χ1n) is 4.59. The molecule has 1 aromatic carbocycles. The molecule has 0 bridgehead atoms. The van der Waals surface area contributed by atoms with Crippen molar-refractivity contribution in [3.63, 3.8) is 0 Å². The summed E-state index contributed by atoms with van der Waals surface area (Å²) in [6.45, 7) is 1.76. The van der Waals surface area contributed by atoms with Crippen LogP contribution in [0.4, 0.5) is 0 Å². The lowest BCUT2D eigenvalue weighted by Gasteiger charge is -1.99. The molecule has 0 saturated heterocycles. The topological polar surface area (TPSA) is 86.0 Å². The zero-order valence-electron chi connectivity index (χ0n) is 8.81. The maximum absolute atomic E-state index is 8.78. The minimum atomic E-state index is -0.169. The van der Waals surface area contributed by atoms with Gasteiger partial charge in [0, 0.05) is 5.71 Å². The molecule has 0 aliphatic rings. The Morgan fingerprint density at radius 3 is 2.31 bits per heavy atom. The molecule has 4 heteroatoms. The van der Waals surface area contributed by atoms with E-state index in [4.69, 9.17) is 16.3 Å². The van der Waals surface area contributed by atoms with Gasteiger partial charge in [-0.1, -0.05) is 30.3 Å². The van der Waals surface area contributed by atoms with Gasteiger partial charge in [0.2, 0.25) is 0 Å². The van der Waals surface area contributed by atoms with Gasteiger partial charge in [-0.15, -0.1) is 0 Å². The van der Waals surface area contributed by atoms with Crippen molar-refractivity contribution < 1.29 is 0 Å². The number of aliphatic imine (C=N–C) groups is 1. The van der Waals surface area contributed by atoms with Crippen molar-refractivity contribution in [3.8, 4) is 12.1 Å². The average Bonchev–Trinajstić information content (AvgIpc) is 2.35. The summed E-state index contributed by atoms with van der Waals surface area (Å²) in [5.74, 6) is 0. The van der Waals surface area contributed by atoms with E-state index >= 15 is 0 Å². The van der Waals surface area contributed by atoms with E-state index in [2.05, 4.69) is 4.99 Å². The largest absolute Gasteiger partial charge is 0.388 e. The summed E-state index contributed by atoms with van der Waals surface area (Å²) in [6.07, 6.45) is 0. The molecule has 0 radical (unpaired) electrons. The van der Waals surface area contributed by atoms with Crippen LogP contribution < -0.4 is 5.73 Å². The fourth-order valence-electron chi connectivity index (χ4n) is 1.11. The third-order valence-corrected chi connectivity index (χ3v) is 1.95. The number of rotatable bonds is 2. The van der Waals surface area contributed by atoms with Gasteiger partial charge in [0.1, 0.15) is 17.8 Å². The lowest BCUT2D eigenvalue weighted by atomic mass is 10.1. The van der Waals surface area contributed by atoms with Crippen LogP contribution in [0.1, 0.15) is 12.5 Å². The third-order valence-electron chi connectivity index (χ3n) is 1.95. The van der Waals surface area contributed by atoms with E-state index in [0.29, 0.717) is 5.71 Å². The first kappa shape index (κ1) is 11.5. The van der Waals surface area contributed by atoms with Crippen molar-refractivity contribution in [2.75, 3.05) is 0 Å². The quantitative estimate of drug-likeness (QED) is 0.595. The molecule has 0 aromatic heterocycles. The van der Waals surface area contributed by atoms with Gasteiger partial charge in [0.15, 0.2) is 5.70 Å². The summed E-state index contributed by atoms with van der Waals surface area (Å²) < 4.78 is 0. The van der Waals surface area contributed by atoms with Crippen LogP contribution in [0.5, 0.6) is 0 Å². The van der Waals surface area contributed by atoms with E-state index < -0.39 is 0 Å². The Labute approximate surface area is 94.0 Å². The summed E-state index contributed by atoms with van der Waals surface area (Å²) in [6, 6.07) is 12.9. The van der Waals surface area contributed by atoms with Gasteiger partial charge in [-0.25, -0.2) is 4.99 Å². The van der Waals surface area contributed by atoms with Crippen LogP contribution in [0.2, 0.25) is 0 Å². The fraction of sp³-hybridized carbons (Fsp3) is 0.0833. The Kier molecular flexibility index (Phi) is 3.83. The lowest BCUT2D eigenvalue weighted by Crippen LogP contribution is -2.01. The number of hydrogen-bond acceptors (Lipinski definition) is 4. The summed E-state index contributed by atoms with van der Waals surface area (Å²) >= 11 is 0. The minimum absolute atomic E-state index is 0.0520. The Morgan fingerprint density at radius 2 is 1.81 bits per heavy atom. The molecule has 0 aliphatic heterocycles. The standard InChI is InChI=1S/C12H10N4/c1-9(10-5-3-2-4-6-10)16-12(8-14)11(15)7-13/h2-6H,15H2,1H3/b12-11-,16-9+. The van der Waals surface area contributed by atoms with Crippen molar-refractivity contribution in [1.29, 1.82) is 10.5 Å². The van der Waals surface area contributed by atoms with Crippen LogP contribution in [0.25, 0.3) is 0 Å². The Balaban J connectivity index is 3.13. The Bertz CT molecular complexity index is 512. The first-order valence-corrected chi connectivity index (χ1v) is 4.59. The predicted molar refractivity (Wildman–Crippen MR) is 61.1 cm³/mol. The smallest absolute Gasteiger partial charge is 0.174 e. The zero-order chi connectivity index (χ0) is 12.0. The van der Waals surface area contributed by atoms with Crippen LogP contribution in [-0.4, -0.2) is 5.71 Å². The second-order valence-electron chi connectivity index (χ2n) is 3.05. The van der Waals surface area contributed by atoms with Crippen molar-refractivity contribution in [3.05, 3.63) is 47.3 Å². The molecule has 0 fully saturated rings. The van der Waals surface area contributed by atoms with Crippen LogP contribution in [0, 0.1) is 22.7 Å². The van der Waals surface area contributed by atoms with Gasteiger partial charge < -0.3 is 5.73 Å². The Morgan fingerprint density at radius 1 is 1.19 bits per heavy atom. The normalized spacial score (nSPS) is 12.3. The van der Waals surface area contributed by atoms with Crippen LogP contribution >= 0.6 is 0 Å². The van der Waals surface area contributed by atoms with Crippen LogP contribution in [0.3, 0.4) is 0 Å². The second-order valence-corrected chi connectivity index (χ2v) is 3.05. The molecule has 0 saturated carbocycles. The highest BCUT2D eigenvalue weighted by Crippen LogP contribution is 2.06. The second kappa shape index (κ2) is 5.33. The number of hydrogen-bond donors (Lipinski definition) is 1. The van der Waals surface area contributed by atoms with Gasteiger partial charge in [-0.05, 0) is 12.5 Å². The molecule has 0 amide bonds. The monoisotopic (exact) mass is 210 g/mol. The lowest BCUT2D eigenvalue weighted by molar-refractivity contribution is 1.26. The zero-order valence-corrected chi connectivity index (χ0v) is 8.81. The van der Waals surface area contributed by atoms with E-state index in [1.54, 1.807) is 19.1 Å². The molecule has 0 unspecified atom stereocenters. The van der Waals surface area contributed by atoms with Crippen molar-refractivity contribution in [2.24, 2.45) is 10.7 Å². The van der Waals surface area contributed by atoms with E-state index in [1.807, 2.05) is 30.3 Å². The summed E-state index contributed by atoms with van der Waals surface area (Å²) in [5.41, 5.74) is 6.66. The molecular weight excluding hydrogens is 200 g/mol. The van der Waals surface area contributed by atoms with Crippen molar-refractivity contribution in [2.45, 2.75) is 6.92 Å². The number of benzene rings is 1. The van der Waals surface area contributed by atoms with Gasteiger partial charge in [-0.2, -0.15) is 10.5 Å². The van der Waals surface area contributed by atoms with Gasteiger partial charge in [-0.3, -0.25) is 0 Å². The van der Waals surface area contributed by atoms with Crippen LogP contribution in [0.15, 0.2) is 46.7 Å². The van der Waals surface area contributed by atoms with Crippen molar-refractivity contribution >= 4 is 5.71 Å². The summed E-state index contributed by atoms with van der Waals surface area (Å²) in [4.78, 5) is 4.02. The molecular formula is C12H10N4. The average molecular weight is 210 g/mol. The van der Waals surface area contributed by atoms with Gasteiger partial charge in [0.25, 0.3) is 0 Å². The molecule has 0 heterocycles. The maximum atomic E-state index is 8.78. The third kappa shape index (κ3) is 2.70. The van der Waals surface area contributed by atoms with E-state index in [1.165, 1.54) is 0 Å². The molecule has 1 rings (SSSR count). The number of allylic oxidation sites excluding steroid dienone is 2. The molecule has 0 atom stereocenters. The summed E-state index contributed by atoms with van der Waals surface area (Å²) in [5, 5.41) is 17.3. The predicted octanol–water partition coefficient (Wildman–Crippen LogP) is 1.71. The number of nitrogens with zero attached hydrogens (tertiary/aromatic N) is 3. The highest BCUT2D eigenvalue weighted by Gasteiger charge is 2.02. The molecule has 0 aliphatic carbocycles. The van der Waals surface area contributed by atoms with E-state index in [-0.39, 0.29) is 11.4 Å². The SMILES string of the molecule is C/C(=N\C(C#N)=C(/N)C#N)c1ccccc1. The molecule has 1 aromatic rings. The van der Waals surface area contributed by atoms with Crippen molar-refractivity contribution in [1.82, 2.24) is 0 Å². The first-order chi connectivity index (χ1) is 7.69. The van der Waals surface area contributed by atoms with E-state index in [0.717, 1.165) is 5.56 Å². The minimum Gasteiger partial charge on any atom is -0.388 e. The molecule has 2 N–H and O–H groups in total. The molecule has 0 spiro atoms. The molecule has 4 nitrogen and oxygen atoms in total.